The van der Waals surface area contributed by atoms with Crippen LogP contribution in [0.2, 0.25) is 0 Å². The molecule has 0 atom stereocenters. The average molecular weight is 344 g/mol. The SMILES string of the molecule is CN1CC(=O)N(CC(=O)Nc2ccccc2CN2CCCCC2)C1=O. The van der Waals surface area contributed by atoms with Gasteiger partial charge in [0, 0.05) is 19.3 Å². The van der Waals surface area contributed by atoms with Crippen molar-refractivity contribution >= 4 is 23.5 Å². The van der Waals surface area contributed by atoms with E-state index in [-0.39, 0.29) is 24.9 Å². The maximum absolute atomic E-state index is 12.3. The third-order valence-corrected chi connectivity index (χ3v) is 4.67. The van der Waals surface area contributed by atoms with Crippen molar-refractivity contribution in [3.05, 3.63) is 29.8 Å². The summed E-state index contributed by atoms with van der Waals surface area (Å²) in [5, 5.41) is 2.85. The molecule has 134 valence electrons. The molecule has 0 aliphatic carbocycles. The predicted molar refractivity (Wildman–Crippen MR) is 93.9 cm³/mol. The summed E-state index contributed by atoms with van der Waals surface area (Å²) in [6.45, 7) is 2.72. The summed E-state index contributed by atoms with van der Waals surface area (Å²) in [5.74, 6) is -0.702. The number of nitrogens with zero attached hydrogens (tertiary/aromatic N) is 3. The molecule has 0 aromatic heterocycles. The highest BCUT2D eigenvalue weighted by atomic mass is 16.2. The number of likely N-dealkylation sites (tertiary alicyclic amines) is 1. The molecule has 1 aromatic rings. The summed E-state index contributed by atoms with van der Waals surface area (Å²) in [4.78, 5) is 40.7. The van der Waals surface area contributed by atoms with Crippen LogP contribution in [0.1, 0.15) is 24.8 Å². The van der Waals surface area contributed by atoms with Crippen molar-refractivity contribution in [2.45, 2.75) is 25.8 Å². The fourth-order valence-corrected chi connectivity index (χ4v) is 3.30. The van der Waals surface area contributed by atoms with E-state index >= 15 is 0 Å². The van der Waals surface area contributed by atoms with E-state index in [0.717, 1.165) is 35.8 Å². The van der Waals surface area contributed by atoms with Gasteiger partial charge < -0.3 is 10.2 Å². The van der Waals surface area contributed by atoms with Crippen molar-refractivity contribution in [1.82, 2.24) is 14.7 Å². The molecule has 2 heterocycles. The fourth-order valence-electron chi connectivity index (χ4n) is 3.30. The maximum atomic E-state index is 12.3. The highest BCUT2D eigenvalue weighted by molar-refractivity contribution is 6.06. The number of carbonyl (C=O) groups is 3. The van der Waals surface area contributed by atoms with E-state index in [1.807, 2.05) is 24.3 Å². The van der Waals surface area contributed by atoms with E-state index in [0.29, 0.717) is 0 Å². The maximum Gasteiger partial charge on any atom is 0.327 e. The van der Waals surface area contributed by atoms with Crippen LogP contribution in [-0.2, 0) is 16.1 Å². The van der Waals surface area contributed by atoms with Crippen molar-refractivity contribution in [2.24, 2.45) is 0 Å². The number of amides is 4. The molecule has 0 spiro atoms. The van der Waals surface area contributed by atoms with Gasteiger partial charge in [-0.2, -0.15) is 0 Å². The fraction of sp³-hybridized carbons (Fsp3) is 0.500. The van der Waals surface area contributed by atoms with E-state index in [2.05, 4.69) is 10.2 Å². The van der Waals surface area contributed by atoms with Gasteiger partial charge >= 0.3 is 6.03 Å². The molecule has 25 heavy (non-hydrogen) atoms. The molecular formula is C18H24N4O3. The van der Waals surface area contributed by atoms with E-state index in [4.69, 9.17) is 0 Å². The summed E-state index contributed by atoms with van der Waals surface area (Å²) in [6.07, 6.45) is 3.70. The molecule has 2 aliphatic rings. The van der Waals surface area contributed by atoms with Crippen molar-refractivity contribution < 1.29 is 14.4 Å². The van der Waals surface area contributed by atoms with Gasteiger partial charge in [-0.3, -0.25) is 19.4 Å². The number of carbonyl (C=O) groups excluding carboxylic acids is 3. The van der Waals surface area contributed by atoms with Crippen LogP contribution in [0, 0.1) is 0 Å². The lowest BCUT2D eigenvalue weighted by Gasteiger charge is -2.27. The van der Waals surface area contributed by atoms with Gasteiger partial charge in [-0.15, -0.1) is 0 Å². The van der Waals surface area contributed by atoms with E-state index in [9.17, 15) is 14.4 Å². The Morgan fingerprint density at radius 1 is 1.12 bits per heavy atom. The van der Waals surface area contributed by atoms with Crippen LogP contribution in [0.4, 0.5) is 10.5 Å². The molecule has 0 unspecified atom stereocenters. The van der Waals surface area contributed by atoms with Gasteiger partial charge in [0.15, 0.2) is 0 Å². The zero-order chi connectivity index (χ0) is 17.8. The molecule has 2 saturated heterocycles. The lowest BCUT2D eigenvalue weighted by molar-refractivity contribution is -0.129. The lowest BCUT2D eigenvalue weighted by Crippen LogP contribution is -2.38. The predicted octanol–water partition coefficient (Wildman–Crippen LogP) is 1.50. The number of urea groups is 1. The Morgan fingerprint density at radius 3 is 2.52 bits per heavy atom. The normalized spacial score (nSPS) is 18.8. The zero-order valence-corrected chi connectivity index (χ0v) is 14.5. The lowest BCUT2D eigenvalue weighted by atomic mass is 10.1. The Balaban J connectivity index is 1.63. The molecule has 2 fully saturated rings. The van der Waals surface area contributed by atoms with Gasteiger partial charge in [0.25, 0.3) is 5.91 Å². The monoisotopic (exact) mass is 344 g/mol. The Hall–Kier alpha value is -2.41. The first-order valence-electron chi connectivity index (χ1n) is 8.70. The van der Waals surface area contributed by atoms with Crippen LogP contribution in [0.3, 0.4) is 0 Å². The number of rotatable bonds is 5. The molecule has 0 saturated carbocycles. The second kappa shape index (κ2) is 7.65. The Labute approximate surface area is 147 Å². The Bertz CT molecular complexity index is 670. The van der Waals surface area contributed by atoms with Gasteiger partial charge in [-0.1, -0.05) is 24.6 Å². The average Bonchev–Trinajstić information content (AvgIpc) is 2.84. The highest BCUT2D eigenvalue weighted by Crippen LogP contribution is 2.20. The van der Waals surface area contributed by atoms with Crippen LogP contribution >= 0.6 is 0 Å². The zero-order valence-electron chi connectivity index (χ0n) is 14.5. The van der Waals surface area contributed by atoms with Crippen molar-refractivity contribution in [3.63, 3.8) is 0 Å². The molecule has 2 aliphatic heterocycles. The quantitative estimate of drug-likeness (QED) is 0.822. The number of hydrogen-bond donors (Lipinski definition) is 1. The molecule has 3 rings (SSSR count). The van der Waals surface area contributed by atoms with E-state index < -0.39 is 6.03 Å². The number of benzene rings is 1. The summed E-state index contributed by atoms with van der Waals surface area (Å²) < 4.78 is 0. The van der Waals surface area contributed by atoms with Crippen LogP contribution in [0.15, 0.2) is 24.3 Å². The molecule has 1 aromatic carbocycles. The van der Waals surface area contributed by atoms with E-state index in [1.54, 1.807) is 7.05 Å². The highest BCUT2D eigenvalue weighted by Gasteiger charge is 2.34. The number of piperidine rings is 1. The first-order valence-corrected chi connectivity index (χ1v) is 8.70. The van der Waals surface area contributed by atoms with Crippen molar-refractivity contribution in [1.29, 1.82) is 0 Å². The number of likely N-dealkylation sites (N-methyl/N-ethyl adjacent to an activating group) is 1. The third-order valence-electron chi connectivity index (χ3n) is 4.67. The van der Waals surface area contributed by atoms with Gasteiger partial charge in [-0.25, -0.2) is 4.79 Å². The van der Waals surface area contributed by atoms with E-state index in [1.165, 1.54) is 24.2 Å². The summed E-state index contributed by atoms with van der Waals surface area (Å²) in [6, 6.07) is 7.26. The number of imide groups is 1. The smallest absolute Gasteiger partial charge is 0.324 e. The van der Waals surface area contributed by atoms with Crippen molar-refractivity contribution in [3.8, 4) is 0 Å². The number of hydrogen-bond acceptors (Lipinski definition) is 4. The van der Waals surface area contributed by atoms with Crippen LogP contribution in [0.25, 0.3) is 0 Å². The number of anilines is 1. The number of para-hydroxylation sites is 1. The van der Waals surface area contributed by atoms with Gasteiger partial charge in [0.2, 0.25) is 5.91 Å². The summed E-state index contributed by atoms with van der Waals surface area (Å²) >= 11 is 0. The largest absolute Gasteiger partial charge is 0.327 e. The van der Waals surface area contributed by atoms with Crippen LogP contribution < -0.4 is 5.32 Å². The standard InChI is InChI=1S/C18H24N4O3/c1-20-13-17(24)22(18(20)25)12-16(23)19-15-8-4-3-7-14(15)11-21-9-5-2-6-10-21/h3-4,7-8H,2,5-6,9-13H2,1H3,(H,19,23). The Morgan fingerprint density at radius 2 is 1.84 bits per heavy atom. The minimum atomic E-state index is -0.429. The molecule has 4 amide bonds. The second-order valence-electron chi connectivity index (χ2n) is 6.66. The first-order chi connectivity index (χ1) is 12.0. The molecule has 1 N–H and O–H groups in total. The van der Waals surface area contributed by atoms with Gasteiger partial charge in [0.05, 0.1) is 0 Å². The minimum Gasteiger partial charge on any atom is -0.324 e. The van der Waals surface area contributed by atoms with Gasteiger partial charge in [-0.05, 0) is 37.6 Å². The Kier molecular flexibility index (Phi) is 5.33. The third kappa shape index (κ3) is 4.17. The summed E-state index contributed by atoms with van der Waals surface area (Å²) in [5.41, 5.74) is 1.79. The molecule has 7 nitrogen and oxygen atoms in total. The molecule has 7 heteroatoms. The second-order valence-corrected chi connectivity index (χ2v) is 6.66. The molecule has 0 bridgehead atoms. The van der Waals surface area contributed by atoms with Crippen LogP contribution in [0.5, 0.6) is 0 Å². The number of nitrogens with one attached hydrogen (secondary N) is 1. The van der Waals surface area contributed by atoms with Crippen LogP contribution in [-0.4, -0.2) is 65.8 Å². The summed E-state index contributed by atoms with van der Waals surface area (Å²) in [7, 11) is 1.55. The topological polar surface area (TPSA) is 73.0 Å². The minimum absolute atomic E-state index is 0.0255. The van der Waals surface area contributed by atoms with Crippen molar-refractivity contribution in [2.75, 3.05) is 38.5 Å². The molecular weight excluding hydrogens is 320 g/mol. The van der Waals surface area contributed by atoms with Gasteiger partial charge in [0.1, 0.15) is 13.1 Å². The molecule has 0 radical (unpaired) electrons. The first kappa shape index (κ1) is 17.4.